The summed E-state index contributed by atoms with van der Waals surface area (Å²) in [5.74, 6) is -0.704. The van der Waals surface area contributed by atoms with Crippen molar-refractivity contribution in [1.82, 2.24) is 4.90 Å². The van der Waals surface area contributed by atoms with Gasteiger partial charge in [0.1, 0.15) is 0 Å². The van der Waals surface area contributed by atoms with Crippen LogP contribution in [0.1, 0.15) is 47.7 Å². The highest BCUT2D eigenvalue weighted by atomic mass is 16.4. The van der Waals surface area contributed by atoms with Gasteiger partial charge in [-0.05, 0) is 44.2 Å². The molecule has 4 nitrogen and oxygen atoms in total. The van der Waals surface area contributed by atoms with Gasteiger partial charge in [-0.3, -0.25) is 9.59 Å². The third-order valence-corrected chi connectivity index (χ3v) is 4.83. The van der Waals surface area contributed by atoms with Crippen LogP contribution in [0.15, 0.2) is 18.2 Å². The van der Waals surface area contributed by atoms with E-state index < -0.39 is 11.4 Å². The van der Waals surface area contributed by atoms with Crippen LogP contribution in [-0.4, -0.2) is 35.0 Å². The zero-order valence-electron chi connectivity index (χ0n) is 13.0. The highest BCUT2D eigenvalue weighted by Gasteiger charge is 2.41. The first-order valence-electron chi connectivity index (χ1n) is 7.50. The maximum absolute atomic E-state index is 12.7. The fourth-order valence-electron chi connectivity index (χ4n) is 3.17. The van der Waals surface area contributed by atoms with Crippen LogP contribution < -0.4 is 0 Å². The predicted octanol–water partition coefficient (Wildman–Crippen LogP) is 3.02. The Balaban J connectivity index is 2.16. The maximum Gasteiger partial charge on any atom is 0.309 e. The summed E-state index contributed by atoms with van der Waals surface area (Å²) in [5.41, 5.74) is 2.06. The van der Waals surface area contributed by atoms with Crippen molar-refractivity contribution >= 4 is 11.9 Å². The molecule has 0 atom stereocenters. The van der Waals surface area contributed by atoms with Crippen LogP contribution in [0.3, 0.4) is 0 Å². The van der Waals surface area contributed by atoms with E-state index in [4.69, 9.17) is 0 Å². The number of likely N-dealkylation sites (tertiary alicyclic amines) is 1. The molecule has 1 saturated heterocycles. The molecule has 0 aromatic heterocycles. The largest absolute Gasteiger partial charge is 0.481 e. The molecule has 21 heavy (non-hydrogen) atoms. The highest BCUT2D eigenvalue weighted by molar-refractivity contribution is 5.97. The number of amides is 1. The Morgan fingerprint density at radius 2 is 1.71 bits per heavy atom. The number of rotatable bonds is 3. The van der Waals surface area contributed by atoms with Crippen LogP contribution >= 0.6 is 0 Å². The van der Waals surface area contributed by atoms with Crippen LogP contribution in [0.5, 0.6) is 0 Å². The molecule has 4 heteroatoms. The normalized spacial score (nSPS) is 17.6. The molecule has 1 heterocycles. The van der Waals surface area contributed by atoms with Gasteiger partial charge in [-0.25, -0.2) is 0 Å². The molecule has 0 saturated carbocycles. The highest BCUT2D eigenvalue weighted by Crippen LogP contribution is 2.35. The summed E-state index contributed by atoms with van der Waals surface area (Å²) in [4.78, 5) is 25.9. The lowest BCUT2D eigenvalue weighted by molar-refractivity contribution is -0.152. The number of aliphatic carboxylic acids is 1. The van der Waals surface area contributed by atoms with E-state index in [9.17, 15) is 14.7 Å². The van der Waals surface area contributed by atoms with Crippen LogP contribution in [0.2, 0.25) is 0 Å². The first kappa shape index (κ1) is 15.5. The maximum atomic E-state index is 12.7. The van der Waals surface area contributed by atoms with Gasteiger partial charge in [-0.2, -0.15) is 0 Å². The molecule has 1 aliphatic heterocycles. The van der Waals surface area contributed by atoms with E-state index >= 15 is 0 Å². The minimum Gasteiger partial charge on any atom is -0.481 e. The van der Waals surface area contributed by atoms with Crippen molar-refractivity contribution in [2.24, 2.45) is 5.41 Å². The van der Waals surface area contributed by atoms with Crippen LogP contribution in [-0.2, 0) is 4.79 Å². The molecule has 0 aliphatic carbocycles. The molecule has 1 N–H and O–H groups in total. The van der Waals surface area contributed by atoms with E-state index in [1.165, 1.54) is 0 Å². The van der Waals surface area contributed by atoms with Gasteiger partial charge >= 0.3 is 5.97 Å². The van der Waals surface area contributed by atoms with Crippen molar-refractivity contribution in [3.63, 3.8) is 0 Å². The first-order valence-corrected chi connectivity index (χ1v) is 7.50. The predicted molar refractivity (Wildman–Crippen MR) is 81.4 cm³/mol. The zero-order chi connectivity index (χ0) is 15.6. The number of nitrogens with zero attached hydrogens (tertiary/aromatic N) is 1. The lowest BCUT2D eigenvalue weighted by Crippen LogP contribution is -2.46. The molecule has 1 aromatic rings. The third kappa shape index (κ3) is 2.80. The standard InChI is InChI=1S/C17H23NO3/c1-4-17(16(20)21)8-10-18(11-9-17)15(19)14-12(2)6-5-7-13(14)3/h5-7H,4,8-11H2,1-3H3,(H,20,21). The number of piperidine rings is 1. The molecule has 0 radical (unpaired) electrons. The van der Waals surface area contributed by atoms with Crippen molar-refractivity contribution < 1.29 is 14.7 Å². The summed E-state index contributed by atoms with van der Waals surface area (Å²) in [7, 11) is 0. The summed E-state index contributed by atoms with van der Waals surface area (Å²) < 4.78 is 0. The average molecular weight is 289 g/mol. The molecule has 0 bridgehead atoms. The molecule has 1 aromatic carbocycles. The Kier molecular flexibility index (Phi) is 4.35. The minimum absolute atomic E-state index is 0.0284. The van der Waals surface area contributed by atoms with Gasteiger partial charge in [0.05, 0.1) is 5.41 Å². The molecule has 0 spiro atoms. The Morgan fingerprint density at radius 3 is 2.14 bits per heavy atom. The van der Waals surface area contributed by atoms with E-state index in [1.54, 1.807) is 4.90 Å². The molecular weight excluding hydrogens is 266 g/mol. The van der Waals surface area contributed by atoms with Gasteiger partial charge < -0.3 is 10.0 Å². The van der Waals surface area contributed by atoms with Gasteiger partial charge in [0.25, 0.3) is 5.91 Å². The molecule has 114 valence electrons. The van der Waals surface area contributed by atoms with Crippen molar-refractivity contribution in [2.75, 3.05) is 13.1 Å². The molecule has 2 rings (SSSR count). The fourth-order valence-corrected chi connectivity index (χ4v) is 3.17. The SMILES string of the molecule is CCC1(C(=O)O)CCN(C(=O)c2c(C)cccc2C)CC1. The van der Waals surface area contributed by atoms with Crippen LogP contribution in [0.4, 0.5) is 0 Å². The number of benzene rings is 1. The van der Waals surface area contributed by atoms with Gasteiger partial charge in [-0.1, -0.05) is 25.1 Å². The monoisotopic (exact) mass is 289 g/mol. The van der Waals surface area contributed by atoms with E-state index in [0.29, 0.717) is 32.4 Å². The van der Waals surface area contributed by atoms with Crippen LogP contribution in [0.25, 0.3) is 0 Å². The summed E-state index contributed by atoms with van der Waals surface area (Å²) in [6.45, 7) is 6.84. The fraction of sp³-hybridized carbons (Fsp3) is 0.529. The van der Waals surface area contributed by atoms with Gasteiger partial charge in [-0.15, -0.1) is 0 Å². The van der Waals surface area contributed by atoms with Crippen LogP contribution in [0, 0.1) is 19.3 Å². The Labute approximate surface area is 125 Å². The Hall–Kier alpha value is -1.84. The van der Waals surface area contributed by atoms with E-state index in [-0.39, 0.29) is 5.91 Å². The number of aryl methyl sites for hydroxylation is 2. The van der Waals surface area contributed by atoms with E-state index in [2.05, 4.69) is 0 Å². The Morgan fingerprint density at radius 1 is 1.19 bits per heavy atom. The van der Waals surface area contributed by atoms with Gasteiger partial charge in [0, 0.05) is 18.7 Å². The first-order chi connectivity index (χ1) is 9.91. The Bertz CT molecular complexity index is 537. The lowest BCUT2D eigenvalue weighted by Gasteiger charge is -2.38. The van der Waals surface area contributed by atoms with Crippen molar-refractivity contribution in [3.05, 3.63) is 34.9 Å². The average Bonchev–Trinajstić information content (AvgIpc) is 2.46. The topological polar surface area (TPSA) is 57.6 Å². The number of hydrogen-bond donors (Lipinski definition) is 1. The summed E-state index contributed by atoms with van der Waals surface area (Å²) in [6.07, 6.45) is 1.69. The molecule has 1 aliphatic rings. The van der Waals surface area contributed by atoms with Crippen molar-refractivity contribution in [1.29, 1.82) is 0 Å². The number of carbonyl (C=O) groups is 2. The summed E-state index contributed by atoms with van der Waals surface area (Å²) >= 11 is 0. The second-order valence-corrected chi connectivity index (χ2v) is 6.00. The molecule has 0 unspecified atom stereocenters. The third-order valence-electron chi connectivity index (χ3n) is 4.83. The number of carboxylic acids is 1. The molecule has 1 fully saturated rings. The van der Waals surface area contributed by atoms with Crippen molar-refractivity contribution in [2.45, 2.75) is 40.0 Å². The van der Waals surface area contributed by atoms with Crippen molar-refractivity contribution in [3.8, 4) is 0 Å². The zero-order valence-corrected chi connectivity index (χ0v) is 13.0. The summed E-state index contributed by atoms with van der Waals surface area (Å²) in [6, 6.07) is 5.83. The van der Waals surface area contributed by atoms with E-state index in [0.717, 1.165) is 16.7 Å². The number of carboxylic acid groups (broad SMARTS) is 1. The number of hydrogen-bond acceptors (Lipinski definition) is 2. The quantitative estimate of drug-likeness (QED) is 0.930. The minimum atomic E-state index is -0.732. The lowest BCUT2D eigenvalue weighted by atomic mass is 9.76. The van der Waals surface area contributed by atoms with E-state index in [1.807, 2.05) is 39.0 Å². The molecular formula is C17H23NO3. The smallest absolute Gasteiger partial charge is 0.309 e. The summed E-state index contributed by atoms with van der Waals surface area (Å²) in [5, 5.41) is 9.42. The van der Waals surface area contributed by atoms with Gasteiger partial charge in [0.15, 0.2) is 0 Å². The second kappa shape index (κ2) is 5.88. The number of carbonyl (C=O) groups excluding carboxylic acids is 1. The second-order valence-electron chi connectivity index (χ2n) is 6.00. The molecule has 1 amide bonds. The van der Waals surface area contributed by atoms with Gasteiger partial charge in [0.2, 0.25) is 0 Å².